The topological polar surface area (TPSA) is 9.23 Å². The molecule has 0 atom stereocenters. The SMILES string of the molecule is COc1ccc(CCSCCCl)cc1. The second-order valence-corrected chi connectivity index (χ2v) is 4.50. The number of methoxy groups -OCH3 is 1. The van der Waals surface area contributed by atoms with Gasteiger partial charge in [-0.1, -0.05) is 12.1 Å². The Hall–Kier alpha value is -0.340. The average molecular weight is 231 g/mol. The summed E-state index contributed by atoms with van der Waals surface area (Å²) in [6.45, 7) is 0. The van der Waals surface area contributed by atoms with Crippen molar-refractivity contribution in [2.75, 3.05) is 24.5 Å². The molecule has 0 heterocycles. The Morgan fingerprint density at radius 1 is 1.21 bits per heavy atom. The van der Waals surface area contributed by atoms with E-state index in [-0.39, 0.29) is 0 Å². The number of hydrogen-bond acceptors (Lipinski definition) is 2. The highest BCUT2D eigenvalue weighted by Gasteiger charge is 1.94. The van der Waals surface area contributed by atoms with Gasteiger partial charge >= 0.3 is 0 Å². The molecule has 0 saturated carbocycles. The second-order valence-electron chi connectivity index (χ2n) is 2.90. The van der Waals surface area contributed by atoms with Crippen LogP contribution < -0.4 is 4.74 Å². The van der Waals surface area contributed by atoms with Crippen LogP contribution in [0, 0.1) is 0 Å². The summed E-state index contributed by atoms with van der Waals surface area (Å²) in [5.41, 5.74) is 1.35. The Balaban J connectivity index is 2.29. The molecular weight excluding hydrogens is 216 g/mol. The van der Waals surface area contributed by atoms with Crippen LogP contribution in [0.4, 0.5) is 0 Å². The van der Waals surface area contributed by atoms with Crippen LogP contribution in [0.1, 0.15) is 5.56 Å². The second kappa shape index (κ2) is 7.02. The average Bonchev–Trinajstić information content (AvgIpc) is 2.25. The van der Waals surface area contributed by atoms with Gasteiger partial charge in [-0.2, -0.15) is 11.8 Å². The number of rotatable bonds is 6. The molecular formula is C11H15ClOS. The van der Waals surface area contributed by atoms with Crippen molar-refractivity contribution < 1.29 is 4.74 Å². The molecule has 14 heavy (non-hydrogen) atoms. The quantitative estimate of drug-likeness (QED) is 0.548. The zero-order chi connectivity index (χ0) is 10.2. The number of aryl methyl sites for hydroxylation is 1. The van der Waals surface area contributed by atoms with Crippen molar-refractivity contribution in [3.8, 4) is 5.75 Å². The van der Waals surface area contributed by atoms with Crippen LogP contribution in [0.3, 0.4) is 0 Å². The first-order valence-electron chi connectivity index (χ1n) is 4.63. The van der Waals surface area contributed by atoms with Gasteiger partial charge in [0.1, 0.15) is 5.75 Å². The Bertz CT molecular complexity index is 248. The molecule has 0 radical (unpaired) electrons. The number of halogens is 1. The third-order valence-corrected chi connectivity index (χ3v) is 3.31. The van der Waals surface area contributed by atoms with Gasteiger partial charge in [0, 0.05) is 11.6 Å². The number of alkyl halides is 1. The molecule has 1 rings (SSSR count). The van der Waals surface area contributed by atoms with E-state index < -0.39 is 0 Å². The van der Waals surface area contributed by atoms with Gasteiger partial charge in [-0.25, -0.2) is 0 Å². The molecule has 0 aliphatic carbocycles. The fourth-order valence-electron chi connectivity index (χ4n) is 1.14. The van der Waals surface area contributed by atoms with E-state index in [1.54, 1.807) is 7.11 Å². The van der Waals surface area contributed by atoms with Crippen molar-refractivity contribution in [1.29, 1.82) is 0 Å². The van der Waals surface area contributed by atoms with E-state index in [1.807, 2.05) is 23.9 Å². The molecule has 0 aliphatic heterocycles. The molecule has 0 N–H and O–H groups in total. The highest BCUT2D eigenvalue weighted by atomic mass is 35.5. The van der Waals surface area contributed by atoms with Crippen molar-refractivity contribution >= 4 is 23.4 Å². The van der Waals surface area contributed by atoms with E-state index in [0.717, 1.165) is 29.6 Å². The van der Waals surface area contributed by atoms with Crippen molar-refractivity contribution in [3.05, 3.63) is 29.8 Å². The van der Waals surface area contributed by atoms with Gasteiger partial charge in [0.25, 0.3) is 0 Å². The predicted octanol–water partition coefficient (Wildman–Crippen LogP) is 3.21. The number of benzene rings is 1. The number of ether oxygens (including phenoxy) is 1. The van der Waals surface area contributed by atoms with E-state index in [4.69, 9.17) is 16.3 Å². The maximum Gasteiger partial charge on any atom is 0.118 e. The maximum absolute atomic E-state index is 5.59. The van der Waals surface area contributed by atoms with Gasteiger partial charge in [0.2, 0.25) is 0 Å². The van der Waals surface area contributed by atoms with Gasteiger partial charge < -0.3 is 4.74 Å². The molecule has 3 heteroatoms. The Labute approximate surface area is 94.8 Å². The molecule has 78 valence electrons. The molecule has 0 saturated heterocycles. The van der Waals surface area contributed by atoms with E-state index in [0.29, 0.717) is 0 Å². The first-order valence-corrected chi connectivity index (χ1v) is 6.32. The highest BCUT2D eigenvalue weighted by molar-refractivity contribution is 7.99. The predicted molar refractivity (Wildman–Crippen MR) is 64.7 cm³/mol. The molecule has 1 aromatic rings. The fourth-order valence-corrected chi connectivity index (χ4v) is 2.16. The van der Waals surface area contributed by atoms with Crippen LogP contribution in [0.25, 0.3) is 0 Å². The maximum atomic E-state index is 5.59. The van der Waals surface area contributed by atoms with Gasteiger partial charge in [-0.15, -0.1) is 11.6 Å². The van der Waals surface area contributed by atoms with Crippen LogP contribution in [-0.2, 0) is 6.42 Å². The largest absolute Gasteiger partial charge is 0.497 e. The summed E-state index contributed by atoms with van der Waals surface area (Å²) >= 11 is 7.48. The Morgan fingerprint density at radius 2 is 1.93 bits per heavy atom. The molecule has 0 aromatic heterocycles. The number of thioether (sulfide) groups is 1. The first kappa shape index (κ1) is 11.7. The van der Waals surface area contributed by atoms with E-state index >= 15 is 0 Å². The zero-order valence-corrected chi connectivity index (χ0v) is 9.90. The van der Waals surface area contributed by atoms with Crippen molar-refractivity contribution in [3.63, 3.8) is 0 Å². The summed E-state index contributed by atoms with van der Waals surface area (Å²) in [6, 6.07) is 8.23. The van der Waals surface area contributed by atoms with Crippen LogP contribution in [0.2, 0.25) is 0 Å². The summed E-state index contributed by atoms with van der Waals surface area (Å²) in [4.78, 5) is 0. The minimum atomic E-state index is 0.743. The summed E-state index contributed by atoms with van der Waals surface area (Å²) in [7, 11) is 1.69. The van der Waals surface area contributed by atoms with Gasteiger partial charge in [0.15, 0.2) is 0 Å². The molecule has 0 unspecified atom stereocenters. The van der Waals surface area contributed by atoms with Crippen LogP contribution in [0.15, 0.2) is 24.3 Å². The Kier molecular flexibility index (Phi) is 5.88. The lowest BCUT2D eigenvalue weighted by molar-refractivity contribution is 0.414. The van der Waals surface area contributed by atoms with Crippen molar-refractivity contribution in [2.45, 2.75) is 6.42 Å². The van der Waals surface area contributed by atoms with Gasteiger partial charge in [-0.3, -0.25) is 0 Å². The van der Waals surface area contributed by atoms with Crippen LogP contribution in [-0.4, -0.2) is 24.5 Å². The van der Waals surface area contributed by atoms with Crippen molar-refractivity contribution in [1.82, 2.24) is 0 Å². The summed E-state index contributed by atoms with van der Waals surface area (Å²) in [5, 5.41) is 0. The molecule has 0 aliphatic rings. The molecule has 0 bridgehead atoms. The third-order valence-electron chi connectivity index (χ3n) is 1.92. The summed E-state index contributed by atoms with van der Waals surface area (Å²) < 4.78 is 5.09. The van der Waals surface area contributed by atoms with E-state index in [1.165, 1.54) is 5.56 Å². The molecule has 1 aromatic carbocycles. The molecule has 0 amide bonds. The minimum absolute atomic E-state index is 0.743. The summed E-state index contributed by atoms with van der Waals surface area (Å²) in [6.07, 6.45) is 1.10. The lowest BCUT2D eigenvalue weighted by atomic mass is 10.2. The standard InChI is InChI=1S/C11H15ClOS/c1-13-11-4-2-10(3-5-11)6-8-14-9-7-12/h2-5H,6-9H2,1H3. The normalized spacial score (nSPS) is 10.1. The number of hydrogen-bond donors (Lipinski definition) is 0. The van der Waals surface area contributed by atoms with Gasteiger partial charge in [-0.05, 0) is 29.9 Å². The highest BCUT2D eigenvalue weighted by Crippen LogP contribution is 2.13. The summed E-state index contributed by atoms with van der Waals surface area (Å²) in [5.74, 6) is 3.84. The third kappa shape index (κ3) is 4.25. The van der Waals surface area contributed by atoms with E-state index in [9.17, 15) is 0 Å². The molecule has 0 spiro atoms. The van der Waals surface area contributed by atoms with Crippen LogP contribution >= 0.6 is 23.4 Å². The van der Waals surface area contributed by atoms with Crippen LogP contribution in [0.5, 0.6) is 5.75 Å². The Morgan fingerprint density at radius 3 is 2.50 bits per heavy atom. The van der Waals surface area contributed by atoms with Crippen molar-refractivity contribution in [2.24, 2.45) is 0 Å². The zero-order valence-electron chi connectivity index (χ0n) is 8.33. The monoisotopic (exact) mass is 230 g/mol. The smallest absolute Gasteiger partial charge is 0.118 e. The lowest BCUT2D eigenvalue weighted by Gasteiger charge is -2.02. The first-order chi connectivity index (χ1) is 6.86. The lowest BCUT2D eigenvalue weighted by Crippen LogP contribution is -1.91. The molecule has 1 nitrogen and oxygen atoms in total. The molecule has 0 fully saturated rings. The van der Waals surface area contributed by atoms with E-state index in [2.05, 4.69) is 12.1 Å². The minimum Gasteiger partial charge on any atom is -0.497 e. The fraction of sp³-hybridized carbons (Fsp3) is 0.455. The van der Waals surface area contributed by atoms with Gasteiger partial charge in [0.05, 0.1) is 7.11 Å².